The molecule has 1 aliphatic rings. The van der Waals surface area contributed by atoms with Crippen LogP contribution in [-0.2, 0) is 26.4 Å². The summed E-state index contributed by atoms with van der Waals surface area (Å²) in [6.45, 7) is 10.6. The van der Waals surface area contributed by atoms with Crippen molar-refractivity contribution >= 4 is 27.5 Å². The number of hydrogen-bond acceptors (Lipinski definition) is 9. The summed E-state index contributed by atoms with van der Waals surface area (Å²) in [6.07, 6.45) is 3.83. The lowest BCUT2D eigenvalue weighted by Gasteiger charge is -2.30. The average molecular weight is 625 g/mol. The molecule has 44 heavy (non-hydrogen) atoms. The van der Waals surface area contributed by atoms with E-state index in [0.29, 0.717) is 59.1 Å². The molecular formula is C31H40N6O6S. The lowest BCUT2D eigenvalue weighted by atomic mass is 10.0. The van der Waals surface area contributed by atoms with E-state index in [2.05, 4.69) is 15.5 Å². The van der Waals surface area contributed by atoms with Crippen molar-refractivity contribution in [3.05, 3.63) is 68.6 Å². The van der Waals surface area contributed by atoms with Gasteiger partial charge >= 0.3 is 5.69 Å². The molecule has 1 aliphatic heterocycles. The van der Waals surface area contributed by atoms with Gasteiger partial charge in [-0.25, -0.2) is 9.36 Å². The van der Waals surface area contributed by atoms with Crippen LogP contribution in [0.2, 0.25) is 0 Å². The van der Waals surface area contributed by atoms with Crippen molar-refractivity contribution in [2.45, 2.75) is 71.8 Å². The third kappa shape index (κ3) is 6.08. The number of carbonyl (C=O) groups excluding carboxylic acids is 1. The van der Waals surface area contributed by atoms with E-state index in [9.17, 15) is 14.4 Å². The van der Waals surface area contributed by atoms with E-state index in [1.54, 1.807) is 44.8 Å². The third-order valence-electron chi connectivity index (χ3n) is 7.93. The first kappa shape index (κ1) is 31.6. The highest BCUT2D eigenvalue weighted by molar-refractivity contribution is 7.21. The van der Waals surface area contributed by atoms with E-state index in [1.165, 1.54) is 16.1 Å². The summed E-state index contributed by atoms with van der Waals surface area (Å²) in [5.74, 6) is 0.398. The number of aromatic nitrogens is 5. The van der Waals surface area contributed by atoms with E-state index in [-0.39, 0.29) is 18.6 Å². The Morgan fingerprint density at radius 2 is 1.84 bits per heavy atom. The quantitative estimate of drug-likeness (QED) is 0.268. The summed E-state index contributed by atoms with van der Waals surface area (Å²) in [5.41, 5.74) is -1.25. The Kier molecular flexibility index (Phi) is 9.37. The lowest BCUT2D eigenvalue weighted by molar-refractivity contribution is -0.128. The molecule has 236 valence electrons. The number of carbonyl (C=O) groups is 1. The van der Waals surface area contributed by atoms with Crippen LogP contribution >= 0.6 is 11.3 Å². The van der Waals surface area contributed by atoms with Crippen LogP contribution in [0, 0.1) is 12.8 Å². The van der Waals surface area contributed by atoms with Crippen LogP contribution in [0.5, 0.6) is 5.75 Å². The number of para-hydroxylation sites is 1. The number of thiophene rings is 1. The van der Waals surface area contributed by atoms with E-state index in [0.717, 1.165) is 10.1 Å². The standard InChI is InChI=1S/C31H40N6O6S/c1-19(2)17-32-29(39)31(4,5)36-26(38)25-20(3)27(37-33-13-14-34-37)44-28(25)35(30(36)40)18-24(43-21-11-15-42-16-12-21)22-9-7-8-10-23(22)41-6/h7-10,13-14,19,21,24H,11-12,15-18H2,1-6H3,(H,32,39)/t24-/m0/s1. The van der Waals surface area contributed by atoms with Gasteiger partial charge in [0.25, 0.3) is 5.56 Å². The number of amides is 1. The molecule has 1 aromatic carbocycles. The van der Waals surface area contributed by atoms with E-state index >= 15 is 0 Å². The molecule has 1 atom stereocenters. The van der Waals surface area contributed by atoms with Crippen molar-refractivity contribution in [3.63, 3.8) is 0 Å². The summed E-state index contributed by atoms with van der Waals surface area (Å²) in [7, 11) is 1.60. The first-order chi connectivity index (χ1) is 21.0. The smallest absolute Gasteiger partial charge is 0.333 e. The number of nitrogens with one attached hydrogen (secondary N) is 1. The molecule has 1 amide bonds. The summed E-state index contributed by atoms with van der Waals surface area (Å²) in [6, 6.07) is 7.55. The Bertz CT molecular complexity index is 1730. The SMILES string of the molecule is COc1ccccc1[C@H](Cn1c(=O)n(C(C)(C)C(=O)NCC(C)C)c(=O)c2c(C)c(-n3nccn3)sc21)OC1CCOCC1. The second kappa shape index (κ2) is 13.0. The number of fused-ring (bicyclic) bond motifs is 1. The van der Waals surface area contributed by atoms with Crippen molar-refractivity contribution in [1.29, 1.82) is 0 Å². The van der Waals surface area contributed by atoms with Crippen LogP contribution in [-0.4, -0.2) is 63.0 Å². The highest BCUT2D eigenvalue weighted by Crippen LogP contribution is 2.35. The molecule has 0 aliphatic carbocycles. The van der Waals surface area contributed by atoms with Gasteiger partial charge in [0.1, 0.15) is 27.2 Å². The molecule has 1 saturated heterocycles. The van der Waals surface area contributed by atoms with Crippen LogP contribution in [0.3, 0.4) is 0 Å². The Morgan fingerprint density at radius 1 is 1.16 bits per heavy atom. The van der Waals surface area contributed by atoms with Gasteiger partial charge in [-0.3, -0.25) is 14.2 Å². The number of aryl methyl sites for hydroxylation is 1. The summed E-state index contributed by atoms with van der Waals surface area (Å²) < 4.78 is 20.6. The lowest BCUT2D eigenvalue weighted by Crippen LogP contribution is -2.56. The average Bonchev–Trinajstić information content (AvgIpc) is 3.66. The molecule has 5 rings (SSSR count). The topological polar surface area (TPSA) is 132 Å². The molecule has 0 bridgehead atoms. The number of rotatable bonds is 11. The first-order valence-electron chi connectivity index (χ1n) is 14.8. The third-order valence-corrected chi connectivity index (χ3v) is 9.21. The number of benzene rings is 1. The van der Waals surface area contributed by atoms with E-state index in [4.69, 9.17) is 14.2 Å². The van der Waals surface area contributed by atoms with Crippen LogP contribution in [0.25, 0.3) is 15.2 Å². The number of ether oxygens (including phenoxy) is 3. The Morgan fingerprint density at radius 3 is 2.50 bits per heavy atom. The summed E-state index contributed by atoms with van der Waals surface area (Å²) in [4.78, 5) is 44.1. The van der Waals surface area contributed by atoms with Crippen LogP contribution in [0.15, 0.2) is 46.2 Å². The maximum Gasteiger partial charge on any atom is 0.333 e. The van der Waals surface area contributed by atoms with Gasteiger partial charge in [0.2, 0.25) is 5.91 Å². The minimum absolute atomic E-state index is 0.0724. The van der Waals surface area contributed by atoms with Crippen LogP contribution in [0.1, 0.15) is 57.8 Å². The second-order valence-corrected chi connectivity index (χ2v) is 12.9. The molecule has 0 radical (unpaired) electrons. The zero-order valence-corrected chi connectivity index (χ0v) is 26.8. The molecule has 0 spiro atoms. The molecule has 1 fully saturated rings. The van der Waals surface area contributed by atoms with Gasteiger partial charge in [-0.2, -0.15) is 10.2 Å². The first-order valence-corrected chi connectivity index (χ1v) is 15.7. The number of methoxy groups -OCH3 is 1. The van der Waals surface area contributed by atoms with E-state index in [1.807, 2.05) is 38.1 Å². The maximum atomic E-state index is 14.5. The van der Waals surface area contributed by atoms with Crippen molar-refractivity contribution in [2.24, 2.45) is 5.92 Å². The molecule has 12 nitrogen and oxygen atoms in total. The van der Waals surface area contributed by atoms with E-state index < -0.39 is 28.8 Å². The van der Waals surface area contributed by atoms with Gasteiger partial charge < -0.3 is 19.5 Å². The Balaban J connectivity index is 1.73. The second-order valence-electron chi connectivity index (χ2n) is 11.9. The molecule has 3 aromatic heterocycles. The highest BCUT2D eigenvalue weighted by atomic mass is 32.1. The fourth-order valence-electron chi connectivity index (χ4n) is 5.47. The van der Waals surface area contributed by atoms with Gasteiger partial charge in [-0.15, -0.1) is 4.80 Å². The van der Waals surface area contributed by atoms with Gasteiger partial charge in [-0.05, 0) is 45.6 Å². The zero-order valence-electron chi connectivity index (χ0n) is 26.0. The van der Waals surface area contributed by atoms with Gasteiger partial charge in [0, 0.05) is 30.9 Å². The molecule has 0 saturated carbocycles. The Labute approximate surface area is 259 Å². The number of hydrogen-bond donors (Lipinski definition) is 1. The minimum atomic E-state index is -1.49. The molecule has 4 heterocycles. The van der Waals surface area contributed by atoms with Gasteiger partial charge in [0.05, 0.1) is 37.5 Å². The van der Waals surface area contributed by atoms with Crippen molar-refractivity contribution in [3.8, 4) is 10.8 Å². The Hall–Kier alpha value is -3.81. The fourth-order valence-corrected chi connectivity index (χ4v) is 6.69. The monoisotopic (exact) mass is 624 g/mol. The van der Waals surface area contributed by atoms with Crippen molar-refractivity contribution in [1.82, 2.24) is 29.4 Å². The fraction of sp³-hybridized carbons (Fsp3) is 0.516. The predicted octanol–water partition coefficient (Wildman–Crippen LogP) is 3.57. The van der Waals surface area contributed by atoms with Gasteiger partial charge in [-0.1, -0.05) is 43.4 Å². The molecule has 1 N–H and O–H groups in total. The van der Waals surface area contributed by atoms with Gasteiger partial charge in [0.15, 0.2) is 0 Å². The number of nitrogens with zero attached hydrogens (tertiary/aromatic N) is 5. The van der Waals surface area contributed by atoms with Crippen LogP contribution in [0.4, 0.5) is 0 Å². The van der Waals surface area contributed by atoms with Crippen LogP contribution < -0.4 is 21.3 Å². The molecule has 0 unspecified atom stereocenters. The largest absolute Gasteiger partial charge is 0.496 e. The van der Waals surface area contributed by atoms with Crippen molar-refractivity contribution < 1.29 is 19.0 Å². The summed E-state index contributed by atoms with van der Waals surface area (Å²) >= 11 is 1.25. The normalized spacial score (nSPS) is 15.2. The highest BCUT2D eigenvalue weighted by Gasteiger charge is 2.36. The maximum absolute atomic E-state index is 14.5. The molecule has 4 aromatic rings. The minimum Gasteiger partial charge on any atom is -0.496 e. The molecular weight excluding hydrogens is 584 g/mol. The summed E-state index contributed by atoms with van der Waals surface area (Å²) in [5, 5.41) is 12.4. The molecule has 13 heteroatoms. The van der Waals surface area contributed by atoms with Crippen molar-refractivity contribution in [2.75, 3.05) is 26.9 Å². The predicted molar refractivity (Wildman–Crippen MR) is 168 cm³/mol. The zero-order chi connectivity index (χ0) is 31.6.